The van der Waals surface area contributed by atoms with Gasteiger partial charge >= 0.3 is 0 Å². The molecule has 0 spiro atoms. The van der Waals surface area contributed by atoms with Crippen LogP contribution >= 0.6 is 0 Å². The molecule has 17 heavy (non-hydrogen) atoms. The summed E-state index contributed by atoms with van der Waals surface area (Å²) in [6, 6.07) is 3.50. The van der Waals surface area contributed by atoms with Gasteiger partial charge in [-0.05, 0) is 12.1 Å². The fourth-order valence-electron chi connectivity index (χ4n) is 1.60. The summed E-state index contributed by atoms with van der Waals surface area (Å²) in [5.74, 6) is 0.659. The Hall–Kier alpha value is -2.70. The largest absolute Gasteiger partial charge is 0.383 e. The second-order valence-corrected chi connectivity index (χ2v) is 3.49. The Morgan fingerprint density at radius 1 is 1.24 bits per heavy atom. The SMILES string of the molecule is Nc1[nH]nc2nc(-c3ccncc3)[nH]c(=O)c12. The number of nitrogens with one attached hydrogen (secondary N) is 2. The summed E-state index contributed by atoms with van der Waals surface area (Å²) in [5, 5.41) is 6.68. The first-order chi connectivity index (χ1) is 8.25. The zero-order valence-corrected chi connectivity index (χ0v) is 8.64. The minimum atomic E-state index is -0.312. The fourth-order valence-corrected chi connectivity index (χ4v) is 1.60. The molecule has 3 rings (SSSR count). The van der Waals surface area contributed by atoms with Crippen LogP contribution in [0.4, 0.5) is 5.82 Å². The van der Waals surface area contributed by atoms with Crippen molar-refractivity contribution < 1.29 is 0 Å². The molecule has 7 heteroatoms. The number of aromatic amines is 2. The first kappa shape index (κ1) is 9.52. The summed E-state index contributed by atoms with van der Waals surface area (Å²) in [6.07, 6.45) is 3.25. The van der Waals surface area contributed by atoms with E-state index in [1.807, 2.05) is 0 Å². The molecule has 0 aliphatic heterocycles. The highest BCUT2D eigenvalue weighted by Crippen LogP contribution is 2.16. The van der Waals surface area contributed by atoms with E-state index in [2.05, 4.69) is 25.1 Å². The van der Waals surface area contributed by atoms with E-state index < -0.39 is 0 Å². The third-order valence-corrected chi connectivity index (χ3v) is 2.41. The molecule has 84 valence electrons. The molecule has 3 aromatic rings. The molecule has 0 atom stereocenters. The van der Waals surface area contributed by atoms with E-state index in [9.17, 15) is 4.79 Å². The lowest BCUT2D eigenvalue weighted by atomic mass is 10.2. The number of nitrogens with zero attached hydrogens (tertiary/aromatic N) is 3. The van der Waals surface area contributed by atoms with E-state index in [4.69, 9.17) is 5.73 Å². The maximum atomic E-state index is 11.8. The van der Waals surface area contributed by atoms with Gasteiger partial charge in [0.05, 0.1) is 0 Å². The van der Waals surface area contributed by atoms with E-state index in [-0.39, 0.29) is 16.8 Å². The number of anilines is 1. The average Bonchev–Trinajstić information content (AvgIpc) is 2.73. The van der Waals surface area contributed by atoms with Gasteiger partial charge in [0, 0.05) is 18.0 Å². The molecule has 0 bridgehead atoms. The molecule has 0 unspecified atom stereocenters. The molecule has 3 heterocycles. The lowest BCUT2D eigenvalue weighted by Gasteiger charge is -1.99. The fraction of sp³-hybridized carbons (Fsp3) is 0. The molecule has 3 aromatic heterocycles. The monoisotopic (exact) mass is 228 g/mol. The van der Waals surface area contributed by atoms with Crippen molar-refractivity contribution in [1.82, 2.24) is 25.1 Å². The zero-order valence-electron chi connectivity index (χ0n) is 8.64. The molecule has 0 aliphatic carbocycles. The topological polar surface area (TPSA) is 113 Å². The zero-order chi connectivity index (χ0) is 11.8. The average molecular weight is 228 g/mol. The van der Waals surface area contributed by atoms with Crippen LogP contribution in [0.15, 0.2) is 29.3 Å². The van der Waals surface area contributed by atoms with Crippen LogP contribution in [-0.2, 0) is 0 Å². The molecular formula is C10H8N6O. The van der Waals surface area contributed by atoms with Crippen LogP contribution < -0.4 is 11.3 Å². The number of rotatable bonds is 1. The van der Waals surface area contributed by atoms with Crippen LogP contribution in [0, 0.1) is 0 Å². The molecular weight excluding hydrogens is 220 g/mol. The van der Waals surface area contributed by atoms with Crippen molar-refractivity contribution in [3.05, 3.63) is 34.9 Å². The second-order valence-electron chi connectivity index (χ2n) is 3.49. The number of aromatic nitrogens is 5. The summed E-state index contributed by atoms with van der Waals surface area (Å²) in [5.41, 5.74) is 6.33. The van der Waals surface area contributed by atoms with Crippen molar-refractivity contribution in [2.24, 2.45) is 0 Å². The van der Waals surface area contributed by atoms with Crippen molar-refractivity contribution in [3.8, 4) is 11.4 Å². The smallest absolute Gasteiger partial charge is 0.264 e. The molecule has 7 nitrogen and oxygen atoms in total. The van der Waals surface area contributed by atoms with Crippen molar-refractivity contribution >= 4 is 16.9 Å². The number of hydrogen-bond donors (Lipinski definition) is 3. The van der Waals surface area contributed by atoms with Gasteiger partial charge in [0.15, 0.2) is 5.65 Å². The van der Waals surface area contributed by atoms with Crippen molar-refractivity contribution in [1.29, 1.82) is 0 Å². The van der Waals surface area contributed by atoms with Crippen molar-refractivity contribution in [2.45, 2.75) is 0 Å². The Balaban J connectivity index is 2.30. The van der Waals surface area contributed by atoms with E-state index in [0.717, 1.165) is 5.56 Å². The Morgan fingerprint density at radius 2 is 2.00 bits per heavy atom. The lowest BCUT2D eigenvalue weighted by molar-refractivity contribution is 1.09. The van der Waals surface area contributed by atoms with E-state index >= 15 is 0 Å². The molecule has 4 N–H and O–H groups in total. The third-order valence-electron chi connectivity index (χ3n) is 2.41. The van der Waals surface area contributed by atoms with Crippen molar-refractivity contribution in [3.63, 3.8) is 0 Å². The van der Waals surface area contributed by atoms with Gasteiger partial charge in [0.1, 0.15) is 17.0 Å². The summed E-state index contributed by atoms with van der Waals surface area (Å²) < 4.78 is 0. The second kappa shape index (κ2) is 3.41. The van der Waals surface area contributed by atoms with Crippen LogP contribution in [0.5, 0.6) is 0 Å². The predicted octanol–water partition coefficient (Wildman–Crippen LogP) is 0.290. The van der Waals surface area contributed by atoms with Gasteiger partial charge < -0.3 is 10.7 Å². The highest BCUT2D eigenvalue weighted by Gasteiger charge is 2.10. The van der Waals surface area contributed by atoms with E-state index in [1.165, 1.54) is 0 Å². The van der Waals surface area contributed by atoms with Crippen LogP contribution in [0.1, 0.15) is 0 Å². The van der Waals surface area contributed by atoms with Gasteiger partial charge in [-0.15, -0.1) is 0 Å². The minimum Gasteiger partial charge on any atom is -0.383 e. The van der Waals surface area contributed by atoms with Crippen LogP contribution in [0.3, 0.4) is 0 Å². The normalized spacial score (nSPS) is 10.8. The summed E-state index contributed by atoms with van der Waals surface area (Å²) in [7, 11) is 0. The van der Waals surface area contributed by atoms with Gasteiger partial charge in [-0.1, -0.05) is 0 Å². The van der Waals surface area contributed by atoms with Crippen LogP contribution in [0.2, 0.25) is 0 Å². The maximum absolute atomic E-state index is 11.8. The predicted molar refractivity (Wildman–Crippen MR) is 62.2 cm³/mol. The first-order valence-corrected chi connectivity index (χ1v) is 4.90. The molecule has 0 radical (unpaired) electrons. The number of H-pyrrole nitrogens is 2. The van der Waals surface area contributed by atoms with E-state index in [0.29, 0.717) is 11.5 Å². The van der Waals surface area contributed by atoms with Gasteiger partial charge in [0.25, 0.3) is 5.56 Å². The molecule has 0 aliphatic rings. The van der Waals surface area contributed by atoms with Crippen molar-refractivity contribution in [2.75, 3.05) is 5.73 Å². The molecule has 0 aromatic carbocycles. The summed E-state index contributed by atoms with van der Waals surface area (Å²) in [4.78, 5) is 22.6. The van der Waals surface area contributed by atoms with Crippen LogP contribution in [-0.4, -0.2) is 25.1 Å². The molecule has 0 saturated carbocycles. The van der Waals surface area contributed by atoms with Gasteiger partial charge in [0.2, 0.25) is 0 Å². The van der Waals surface area contributed by atoms with Gasteiger partial charge in [-0.3, -0.25) is 14.9 Å². The Labute approximate surface area is 94.7 Å². The standard InChI is InChI=1S/C10H8N6O/c11-7-6-9(16-15-7)13-8(14-10(6)17)5-1-3-12-4-2-5/h1-4H,(H4,11,13,14,15,16,17). The molecule has 0 fully saturated rings. The number of pyridine rings is 1. The van der Waals surface area contributed by atoms with Crippen LogP contribution in [0.25, 0.3) is 22.4 Å². The highest BCUT2D eigenvalue weighted by molar-refractivity contribution is 5.85. The Morgan fingerprint density at radius 3 is 2.76 bits per heavy atom. The Bertz CT molecular complexity index is 729. The minimum absolute atomic E-state index is 0.218. The summed E-state index contributed by atoms with van der Waals surface area (Å²) in [6.45, 7) is 0. The van der Waals surface area contributed by atoms with E-state index in [1.54, 1.807) is 24.5 Å². The Kier molecular flexibility index (Phi) is 1.91. The number of hydrogen-bond acceptors (Lipinski definition) is 5. The molecule has 0 saturated heterocycles. The third kappa shape index (κ3) is 1.44. The lowest BCUT2D eigenvalue weighted by Crippen LogP contribution is -2.10. The highest BCUT2D eigenvalue weighted by atomic mass is 16.1. The summed E-state index contributed by atoms with van der Waals surface area (Å²) >= 11 is 0. The van der Waals surface area contributed by atoms with Gasteiger partial charge in [-0.25, -0.2) is 4.98 Å². The first-order valence-electron chi connectivity index (χ1n) is 4.90. The molecule has 0 amide bonds. The van der Waals surface area contributed by atoms with Gasteiger partial charge in [-0.2, -0.15) is 5.10 Å². The number of fused-ring (bicyclic) bond motifs is 1. The number of nitrogens with two attached hydrogens (primary N) is 1. The quantitative estimate of drug-likeness (QED) is 0.554. The maximum Gasteiger partial charge on any atom is 0.264 e. The number of nitrogen functional groups attached to an aromatic ring is 1.